The van der Waals surface area contributed by atoms with Gasteiger partial charge in [0.05, 0.1) is 0 Å². The number of hydrogen-bond acceptors (Lipinski definition) is 6. The van der Waals surface area contributed by atoms with Crippen LogP contribution in [0.4, 0.5) is 0 Å². The van der Waals surface area contributed by atoms with Crippen molar-refractivity contribution in [1.29, 1.82) is 0 Å². The van der Waals surface area contributed by atoms with Gasteiger partial charge in [-0.3, -0.25) is 9.97 Å². The molecule has 0 saturated carbocycles. The van der Waals surface area contributed by atoms with E-state index in [4.69, 9.17) is 9.97 Å². The molecule has 0 spiro atoms. The average Bonchev–Trinajstić information content (AvgIpc) is 3.86. The average molecular weight is 625 g/mol. The van der Waals surface area contributed by atoms with Crippen molar-refractivity contribution in [1.82, 2.24) is 19.9 Å². The Bertz CT molecular complexity index is 2530. The van der Waals surface area contributed by atoms with Crippen LogP contribution in [0.25, 0.3) is 86.8 Å². The van der Waals surface area contributed by atoms with Crippen LogP contribution in [0.2, 0.25) is 0 Å². The van der Waals surface area contributed by atoms with E-state index in [9.17, 15) is 0 Å². The third-order valence-electron chi connectivity index (χ3n) is 8.54. The fraction of sp³-hybridized carbons (Fsp3) is 0. The lowest BCUT2D eigenvalue weighted by Gasteiger charge is -2.19. The Hall–Kier alpha value is -5.56. The summed E-state index contributed by atoms with van der Waals surface area (Å²) in [6, 6.07) is 35.2. The van der Waals surface area contributed by atoms with Crippen molar-refractivity contribution < 1.29 is 0 Å². The Morgan fingerprint density at radius 1 is 0.413 bits per heavy atom. The van der Waals surface area contributed by atoms with Gasteiger partial charge >= 0.3 is 0 Å². The van der Waals surface area contributed by atoms with Crippen LogP contribution in [0.5, 0.6) is 0 Å². The number of nitrogens with zero attached hydrogens (tertiary/aromatic N) is 4. The molecule has 4 nitrogen and oxygen atoms in total. The topological polar surface area (TPSA) is 51.6 Å². The van der Waals surface area contributed by atoms with E-state index in [1.807, 2.05) is 47.9 Å². The third-order valence-corrected chi connectivity index (χ3v) is 10.2. The maximum Gasteiger partial charge on any atom is 0.124 e. The third kappa shape index (κ3) is 4.50. The molecule has 0 radical (unpaired) electrons. The SMILES string of the molecule is c1ccc2c(-c3ccc4c(-c5cncc(-c6nccs6)c5)c5ccccc5c(-c5cncc(-c6nccs6)c5)c4c3)cccc2c1. The fourth-order valence-electron chi connectivity index (χ4n) is 6.56. The molecule has 0 amide bonds. The monoisotopic (exact) mass is 624 g/mol. The van der Waals surface area contributed by atoms with Crippen LogP contribution in [0.1, 0.15) is 0 Å². The molecule has 46 heavy (non-hydrogen) atoms. The molecule has 0 bridgehead atoms. The van der Waals surface area contributed by atoms with Crippen LogP contribution in [0.15, 0.2) is 145 Å². The molecule has 0 aliphatic heterocycles. The fourth-order valence-corrected chi connectivity index (χ4v) is 7.80. The van der Waals surface area contributed by atoms with Gasteiger partial charge in [0.2, 0.25) is 0 Å². The highest BCUT2D eigenvalue weighted by Gasteiger charge is 2.19. The van der Waals surface area contributed by atoms with Crippen molar-refractivity contribution in [3.05, 3.63) is 145 Å². The van der Waals surface area contributed by atoms with Crippen LogP contribution >= 0.6 is 22.7 Å². The smallest absolute Gasteiger partial charge is 0.124 e. The summed E-state index contributed by atoms with van der Waals surface area (Å²) in [6.07, 6.45) is 11.4. The molecule has 9 aromatic rings. The van der Waals surface area contributed by atoms with Crippen molar-refractivity contribution >= 4 is 55.0 Å². The highest BCUT2D eigenvalue weighted by Crippen LogP contribution is 2.46. The van der Waals surface area contributed by atoms with Crippen LogP contribution in [0.3, 0.4) is 0 Å². The van der Waals surface area contributed by atoms with Gasteiger partial charge in [-0.1, -0.05) is 78.9 Å². The van der Waals surface area contributed by atoms with Gasteiger partial charge in [0.1, 0.15) is 10.0 Å². The van der Waals surface area contributed by atoms with Gasteiger partial charge in [-0.2, -0.15) is 0 Å². The normalized spacial score (nSPS) is 11.5. The number of hydrogen-bond donors (Lipinski definition) is 0. The minimum Gasteiger partial charge on any atom is -0.263 e. The second-order valence-corrected chi connectivity index (χ2v) is 13.0. The van der Waals surface area contributed by atoms with Crippen LogP contribution in [-0.2, 0) is 0 Å². The minimum absolute atomic E-state index is 0.959. The first-order valence-corrected chi connectivity index (χ1v) is 16.7. The van der Waals surface area contributed by atoms with Crippen molar-refractivity contribution in [2.24, 2.45) is 0 Å². The largest absolute Gasteiger partial charge is 0.263 e. The Kier molecular flexibility index (Phi) is 6.47. The predicted octanol–water partition coefficient (Wildman–Crippen LogP) is 11.2. The molecule has 5 aromatic carbocycles. The van der Waals surface area contributed by atoms with Gasteiger partial charge in [-0.15, -0.1) is 22.7 Å². The number of thiazole rings is 2. The molecule has 216 valence electrons. The lowest BCUT2D eigenvalue weighted by Crippen LogP contribution is -1.93. The van der Waals surface area contributed by atoms with Gasteiger partial charge in [0.15, 0.2) is 0 Å². The molecule has 0 aliphatic rings. The highest BCUT2D eigenvalue weighted by molar-refractivity contribution is 7.13. The number of fused-ring (bicyclic) bond motifs is 3. The predicted molar refractivity (Wildman–Crippen MR) is 193 cm³/mol. The molecule has 0 N–H and O–H groups in total. The van der Waals surface area contributed by atoms with E-state index < -0.39 is 0 Å². The number of benzene rings is 5. The van der Waals surface area contributed by atoms with E-state index in [0.717, 1.165) is 59.6 Å². The highest BCUT2D eigenvalue weighted by atomic mass is 32.1. The van der Waals surface area contributed by atoms with E-state index in [2.05, 4.69) is 107 Å². The molecule has 0 saturated heterocycles. The number of pyridine rings is 2. The molecule has 0 aliphatic carbocycles. The Labute approximate surface area is 273 Å². The molecule has 4 aromatic heterocycles. The Balaban J connectivity index is 1.38. The lowest BCUT2D eigenvalue weighted by atomic mass is 9.85. The van der Waals surface area contributed by atoms with Crippen LogP contribution in [0, 0.1) is 0 Å². The molecule has 0 atom stereocenters. The summed E-state index contributed by atoms with van der Waals surface area (Å²) < 4.78 is 0. The summed E-state index contributed by atoms with van der Waals surface area (Å²) >= 11 is 3.25. The standard InChI is InChI=1S/C40H24N4S2/c1-2-8-31-25(6-1)7-5-11-32(31)26-12-13-35-36(20-26)38(28-19-30(24-42-22-28)40-44-15-17-46-40)34-10-4-3-9-33(34)37(35)27-18-29(23-41-21-27)39-43-14-16-45-39/h1-24H. The molecule has 0 unspecified atom stereocenters. The zero-order valence-electron chi connectivity index (χ0n) is 24.5. The van der Waals surface area contributed by atoms with Crippen molar-refractivity contribution in [3.63, 3.8) is 0 Å². The van der Waals surface area contributed by atoms with Crippen LogP contribution < -0.4 is 0 Å². The summed E-state index contributed by atoms with van der Waals surface area (Å²) in [4.78, 5) is 18.6. The first-order chi connectivity index (χ1) is 22.8. The second-order valence-electron chi connectivity index (χ2n) is 11.2. The zero-order chi connectivity index (χ0) is 30.5. The molecule has 0 fully saturated rings. The Morgan fingerprint density at radius 2 is 0.957 bits per heavy atom. The number of aromatic nitrogens is 4. The summed E-state index contributed by atoms with van der Waals surface area (Å²) in [6.45, 7) is 0. The Morgan fingerprint density at radius 3 is 1.59 bits per heavy atom. The van der Waals surface area contributed by atoms with Gasteiger partial charge in [-0.05, 0) is 72.8 Å². The van der Waals surface area contributed by atoms with Crippen molar-refractivity contribution in [3.8, 4) is 54.5 Å². The quantitative estimate of drug-likeness (QED) is 0.179. The van der Waals surface area contributed by atoms with Crippen molar-refractivity contribution in [2.75, 3.05) is 0 Å². The maximum atomic E-state index is 4.72. The van der Waals surface area contributed by atoms with E-state index in [-0.39, 0.29) is 0 Å². The van der Waals surface area contributed by atoms with E-state index in [1.165, 1.54) is 27.3 Å². The van der Waals surface area contributed by atoms with E-state index >= 15 is 0 Å². The van der Waals surface area contributed by atoms with Crippen molar-refractivity contribution in [2.45, 2.75) is 0 Å². The molecule has 6 heteroatoms. The molecular formula is C40H24N4S2. The van der Waals surface area contributed by atoms with E-state index in [0.29, 0.717) is 0 Å². The van der Waals surface area contributed by atoms with Gasteiger partial charge < -0.3 is 0 Å². The van der Waals surface area contributed by atoms with Gasteiger partial charge in [-0.25, -0.2) is 9.97 Å². The van der Waals surface area contributed by atoms with Gasteiger partial charge in [0, 0.05) is 70.2 Å². The van der Waals surface area contributed by atoms with E-state index in [1.54, 1.807) is 22.7 Å². The summed E-state index contributed by atoms with van der Waals surface area (Å²) in [5.74, 6) is 0. The number of rotatable bonds is 5. The first kappa shape index (κ1) is 26.8. The second kappa shape index (κ2) is 11.1. The molecule has 9 rings (SSSR count). The summed E-state index contributed by atoms with van der Waals surface area (Å²) in [7, 11) is 0. The van der Waals surface area contributed by atoms with Crippen LogP contribution in [-0.4, -0.2) is 19.9 Å². The maximum absolute atomic E-state index is 4.72. The zero-order valence-corrected chi connectivity index (χ0v) is 26.1. The molecule has 4 heterocycles. The molecular weight excluding hydrogens is 601 g/mol. The first-order valence-electron chi connectivity index (χ1n) is 15.0. The lowest BCUT2D eigenvalue weighted by molar-refractivity contribution is 1.31. The summed E-state index contributed by atoms with van der Waals surface area (Å²) in [5.41, 5.74) is 8.85. The summed E-state index contributed by atoms with van der Waals surface area (Å²) in [5, 5.41) is 13.1. The van der Waals surface area contributed by atoms with Gasteiger partial charge in [0.25, 0.3) is 0 Å². The minimum atomic E-state index is 0.959.